The number of thiazole rings is 1. The van der Waals surface area contributed by atoms with Crippen molar-refractivity contribution in [2.75, 3.05) is 18.7 Å². The Morgan fingerprint density at radius 2 is 2.14 bits per heavy atom. The van der Waals surface area contributed by atoms with Gasteiger partial charge in [-0.25, -0.2) is 13.4 Å². The average Bonchev–Trinajstić information content (AvgIpc) is 3.34. The summed E-state index contributed by atoms with van der Waals surface area (Å²) in [6.45, 7) is 0. The summed E-state index contributed by atoms with van der Waals surface area (Å²) in [7, 11) is -2.70. The zero-order valence-corrected chi connectivity index (χ0v) is 16.4. The van der Waals surface area contributed by atoms with Gasteiger partial charge in [0.2, 0.25) is 0 Å². The van der Waals surface area contributed by atoms with Crippen molar-refractivity contribution in [1.29, 1.82) is 0 Å². The summed E-state index contributed by atoms with van der Waals surface area (Å²) >= 11 is 1.04. The number of aromatic nitrogens is 5. The van der Waals surface area contributed by atoms with Gasteiger partial charge in [0.1, 0.15) is 16.4 Å². The number of hydrogen-bond acceptors (Lipinski definition) is 8. The van der Waals surface area contributed by atoms with Crippen LogP contribution in [0.5, 0.6) is 0 Å². The molecule has 0 radical (unpaired) electrons. The molecule has 0 fully saturated rings. The lowest BCUT2D eigenvalue weighted by molar-refractivity contribution is -0.216. The van der Waals surface area contributed by atoms with Gasteiger partial charge in [0.15, 0.2) is 6.10 Å². The van der Waals surface area contributed by atoms with Crippen molar-refractivity contribution in [2.45, 2.75) is 12.3 Å². The molecule has 29 heavy (non-hydrogen) atoms. The molecule has 0 aliphatic heterocycles. The lowest BCUT2D eigenvalue weighted by atomic mass is 10.2. The normalized spacial score (nSPS) is 13.4. The summed E-state index contributed by atoms with van der Waals surface area (Å²) in [6, 6.07) is 0. The maximum absolute atomic E-state index is 13.0. The smallest absolute Gasteiger partial charge is 0.366 e. The summed E-state index contributed by atoms with van der Waals surface area (Å²) in [4.78, 5) is 16.5. The predicted molar refractivity (Wildman–Crippen MR) is 95.9 cm³/mol. The first-order valence-electron chi connectivity index (χ1n) is 7.66. The zero-order chi connectivity index (χ0) is 21.4. The van der Waals surface area contributed by atoms with Crippen molar-refractivity contribution in [1.82, 2.24) is 24.4 Å². The van der Waals surface area contributed by atoms with E-state index in [1.54, 1.807) is 0 Å². The van der Waals surface area contributed by atoms with E-state index in [2.05, 4.69) is 30.3 Å². The fraction of sp³-hybridized carbons (Fsp3) is 0.286. The number of H-pyrrole nitrogens is 1. The minimum Gasteiger partial charge on any atom is -0.366 e. The molecule has 1 amide bonds. The van der Waals surface area contributed by atoms with Gasteiger partial charge >= 0.3 is 6.18 Å². The third kappa shape index (κ3) is 4.46. The lowest BCUT2D eigenvalue weighted by Crippen LogP contribution is -2.24. The summed E-state index contributed by atoms with van der Waals surface area (Å²) in [5.41, 5.74) is -0.456. The van der Waals surface area contributed by atoms with E-state index in [0.29, 0.717) is 10.6 Å². The van der Waals surface area contributed by atoms with Crippen molar-refractivity contribution < 1.29 is 31.1 Å². The van der Waals surface area contributed by atoms with Crippen LogP contribution in [0.15, 0.2) is 24.0 Å². The van der Waals surface area contributed by atoms with Crippen LogP contribution in [0, 0.1) is 0 Å². The van der Waals surface area contributed by atoms with Crippen LogP contribution in [0.25, 0.3) is 10.6 Å². The molecular weight excluding hydrogens is 437 g/mol. The molecule has 156 valence electrons. The Labute approximate surface area is 165 Å². The van der Waals surface area contributed by atoms with Gasteiger partial charge in [-0.2, -0.15) is 27.5 Å². The number of halogens is 3. The van der Waals surface area contributed by atoms with E-state index in [-0.39, 0.29) is 11.4 Å². The molecule has 0 aliphatic carbocycles. The number of nitrogens with one attached hydrogen (secondary N) is 2. The quantitative estimate of drug-likeness (QED) is 0.587. The molecule has 3 aromatic rings. The zero-order valence-electron chi connectivity index (χ0n) is 14.8. The molecule has 0 bridgehead atoms. The molecule has 2 N–H and O–H groups in total. The molecule has 0 spiro atoms. The van der Waals surface area contributed by atoms with E-state index in [0.717, 1.165) is 35.0 Å². The van der Waals surface area contributed by atoms with Crippen LogP contribution in [0.1, 0.15) is 22.3 Å². The van der Waals surface area contributed by atoms with E-state index in [1.165, 1.54) is 17.8 Å². The highest BCUT2D eigenvalue weighted by atomic mass is 32.2. The summed E-state index contributed by atoms with van der Waals surface area (Å²) in [6.07, 6.45) is -2.48. The third-order valence-corrected chi connectivity index (χ3v) is 5.35. The maximum atomic E-state index is 13.0. The fourth-order valence-corrected chi connectivity index (χ4v) is 3.59. The van der Waals surface area contributed by atoms with Gasteiger partial charge in [-0.1, -0.05) is 0 Å². The molecule has 0 saturated heterocycles. The van der Waals surface area contributed by atoms with E-state index in [9.17, 15) is 26.4 Å². The topological polar surface area (TPSA) is 132 Å². The molecule has 0 aliphatic rings. The Hall–Kier alpha value is -2.78. The van der Waals surface area contributed by atoms with Crippen molar-refractivity contribution >= 4 is 33.0 Å². The molecule has 15 heteroatoms. The lowest BCUT2D eigenvalue weighted by Gasteiger charge is -2.17. The molecule has 1 atom stereocenters. The molecule has 3 heterocycles. The first kappa shape index (κ1) is 20.9. The Bertz CT molecular complexity index is 1130. The third-order valence-electron chi connectivity index (χ3n) is 3.58. The number of carbonyl (C=O) groups is 1. The molecule has 0 saturated carbocycles. The number of hydrogen-bond donors (Lipinski definition) is 2. The molecule has 10 nitrogen and oxygen atoms in total. The van der Waals surface area contributed by atoms with E-state index >= 15 is 0 Å². The summed E-state index contributed by atoms with van der Waals surface area (Å²) in [5.74, 6) is -0.775. The van der Waals surface area contributed by atoms with Crippen molar-refractivity contribution in [3.63, 3.8) is 0 Å². The van der Waals surface area contributed by atoms with Gasteiger partial charge < -0.3 is 10.1 Å². The Morgan fingerprint density at radius 3 is 2.72 bits per heavy atom. The Balaban J connectivity index is 1.80. The highest BCUT2D eigenvalue weighted by Gasteiger charge is 2.44. The van der Waals surface area contributed by atoms with Crippen LogP contribution in [-0.4, -0.2) is 58.2 Å². The van der Waals surface area contributed by atoms with Gasteiger partial charge in [0.05, 0.1) is 24.3 Å². The van der Waals surface area contributed by atoms with Gasteiger partial charge in [-0.3, -0.25) is 9.89 Å². The number of nitrogens with zero attached hydrogens (tertiary/aromatic N) is 4. The fourth-order valence-electron chi connectivity index (χ4n) is 2.29. The minimum absolute atomic E-state index is 0.0785. The van der Waals surface area contributed by atoms with Crippen LogP contribution in [0.4, 0.5) is 18.9 Å². The number of ether oxygens (including phenoxy) is 1. The Morgan fingerprint density at radius 1 is 1.41 bits per heavy atom. The molecule has 3 rings (SSSR count). The average molecular weight is 450 g/mol. The van der Waals surface area contributed by atoms with Crippen LogP contribution >= 0.6 is 11.3 Å². The number of methoxy groups -OCH3 is 1. The number of carbonyl (C=O) groups excluding carboxylic acids is 1. The largest absolute Gasteiger partial charge is 0.420 e. The summed E-state index contributed by atoms with van der Waals surface area (Å²) < 4.78 is 67.3. The molecule has 0 aromatic carbocycles. The van der Waals surface area contributed by atoms with E-state index < -0.39 is 33.9 Å². The van der Waals surface area contributed by atoms with Gasteiger partial charge in [-0.05, 0) is 0 Å². The number of anilines is 1. The SMILES string of the molecule is COC(c1n[nH]cc1NC(=O)c1csc(-c2cnn(S(C)(=O)=O)c2)n1)C(F)(F)F. The van der Waals surface area contributed by atoms with Gasteiger partial charge in [-0.15, -0.1) is 11.3 Å². The minimum atomic E-state index is -4.73. The number of rotatable bonds is 6. The molecule has 1 unspecified atom stereocenters. The van der Waals surface area contributed by atoms with Crippen LogP contribution in [-0.2, 0) is 14.8 Å². The van der Waals surface area contributed by atoms with Gasteiger partial charge in [0.25, 0.3) is 15.9 Å². The number of alkyl halides is 3. The van der Waals surface area contributed by atoms with Crippen molar-refractivity contribution in [3.05, 3.63) is 35.4 Å². The predicted octanol–water partition coefficient (Wildman–Crippen LogP) is 2.04. The Kier molecular flexibility index (Phi) is 5.46. The van der Waals surface area contributed by atoms with Gasteiger partial charge in [0, 0.05) is 24.3 Å². The van der Waals surface area contributed by atoms with Crippen molar-refractivity contribution in [3.8, 4) is 10.6 Å². The summed E-state index contributed by atoms with van der Waals surface area (Å²) in [5, 5.41) is 13.5. The van der Waals surface area contributed by atoms with Crippen molar-refractivity contribution in [2.24, 2.45) is 0 Å². The molecule has 3 aromatic heterocycles. The standard InChI is InChI=1S/C14H13F3N6O4S2/c1-27-11(14(15,16)17)10-8(4-18-22-10)20-12(24)9-6-28-13(21-9)7-3-19-23(5-7)29(2,25)26/h3-6,11H,1-2H3,(H,18,22)(H,20,24). The van der Waals surface area contributed by atoms with Crippen LogP contribution < -0.4 is 5.32 Å². The maximum Gasteiger partial charge on any atom is 0.420 e. The first-order valence-corrected chi connectivity index (χ1v) is 10.4. The first-order chi connectivity index (χ1) is 13.5. The highest BCUT2D eigenvalue weighted by Crippen LogP contribution is 2.37. The second-order valence-corrected chi connectivity index (χ2v) is 8.40. The van der Waals surface area contributed by atoms with E-state index in [4.69, 9.17) is 0 Å². The second-order valence-electron chi connectivity index (χ2n) is 5.70. The highest BCUT2D eigenvalue weighted by molar-refractivity contribution is 7.89. The number of amides is 1. The monoisotopic (exact) mass is 450 g/mol. The van der Waals surface area contributed by atoms with Crippen LogP contribution in [0.2, 0.25) is 0 Å². The number of aromatic amines is 1. The molecular formula is C14H13F3N6O4S2. The van der Waals surface area contributed by atoms with Crippen LogP contribution in [0.3, 0.4) is 0 Å². The van der Waals surface area contributed by atoms with E-state index in [1.807, 2.05) is 0 Å². The second kappa shape index (κ2) is 7.57.